The lowest BCUT2D eigenvalue weighted by Gasteiger charge is -2.27. The fourth-order valence-corrected chi connectivity index (χ4v) is 2.97. The van der Waals surface area contributed by atoms with Crippen molar-refractivity contribution in [3.05, 3.63) is 23.8 Å². The maximum atomic E-state index is 12.0. The molecule has 3 heteroatoms. The fourth-order valence-electron chi connectivity index (χ4n) is 2.97. The Hall–Kier alpha value is -1.51. The van der Waals surface area contributed by atoms with Crippen molar-refractivity contribution < 1.29 is 9.53 Å². The summed E-state index contributed by atoms with van der Waals surface area (Å²) >= 11 is 0. The molecule has 0 saturated carbocycles. The Morgan fingerprint density at radius 3 is 2.65 bits per heavy atom. The molecule has 0 aromatic heterocycles. The Morgan fingerprint density at radius 1 is 1.25 bits per heavy atom. The number of ether oxygens (including phenoxy) is 1. The Balaban J connectivity index is 2.35. The first kappa shape index (κ1) is 14.9. The second-order valence-electron chi connectivity index (χ2n) is 6.42. The Morgan fingerprint density at radius 2 is 2.00 bits per heavy atom. The van der Waals surface area contributed by atoms with Gasteiger partial charge in [-0.15, -0.1) is 0 Å². The maximum Gasteiger partial charge on any atom is 0.165 e. The summed E-state index contributed by atoms with van der Waals surface area (Å²) in [6.07, 6.45) is 3.56. The van der Waals surface area contributed by atoms with Crippen molar-refractivity contribution in [2.75, 3.05) is 25.1 Å². The molecule has 1 saturated heterocycles. The zero-order valence-electron chi connectivity index (χ0n) is 13.0. The van der Waals surface area contributed by atoms with Crippen LogP contribution in [0.4, 0.5) is 5.69 Å². The van der Waals surface area contributed by atoms with Crippen molar-refractivity contribution in [2.24, 2.45) is 5.41 Å². The summed E-state index contributed by atoms with van der Waals surface area (Å²) in [5, 5.41) is 0. The van der Waals surface area contributed by atoms with Crippen LogP contribution in [-0.2, 0) is 0 Å². The average molecular weight is 275 g/mol. The van der Waals surface area contributed by atoms with E-state index >= 15 is 0 Å². The van der Waals surface area contributed by atoms with E-state index in [1.54, 1.807) is 14.0 Å². The van der Waals surface area contributed by atoms with Crippen molar-refractivity contribution in [1.29, 1.82) is 0 Å². The van der Waals surface area contributed by atoms with Gasteiger partial charge in [-0.05, 0) is 43.7 Å². The molecule has 0 N–H and O–H groups in total. The highest BCUT2D eigenvalue weighted by Crippen LogP contribution is 2.35. The van der Waals surface area contributed by atoms with Gasteiger partial charge in [-0.3, -0.25) is 4.79 Å². The Kier molecular flexibility index (Phi) is 4.36. The van der Waals surface area contributed by atoms with E-state index in [1.807, 2.05) is 18.2 Å². The fraction of sp³-hybridized carbons (Fsp3) is 0.588. The molecule has 0 atom stereocenters. The van der Waals surface area contributed by atoms with Crippen molar-refractivity contribution >= 4 is 11.5 Å². The summed E-state index contributed by atoms with van der Waals surface area (Å²) in [5.41, 5.74) is 2.13. The van der Waals surface area contributed by atoms with E-state index in [4.69, 9.17) is 4.74 Å². The van der Waals surface area contributed by atoms with Gasteiger partial charge in [0.05, 0.1) is 18.4 Å². The molecule has 0 radical (unpaired) electrons. The first-order chi connectivity index (χ1) is 9.44. The van der Waals surface area contributed by atoms with Gasteiger partial charge in [0, 0.05) is 13.1 Å². The summed E-state index contributed by atoms with van der Waals surface area (Å²) in [6.45, 7) is 8.28. The molecule has 0 spiro atoms. The van der Waals surface area contributed by atoms with Crippen LogP contribution in [0, 0.1) is 5.41 Å². The van der Waals surface area contributed by atoms with E-state index in [-0.39, 0.29) is 5.78 Å². The smallest absolute Gasteiger partial charge is 0.165 e. The van der Waals surface area contributed by atoms with E-state index in [2.05, 4.69) is 18.7 Å². The predicted octanol–water partition coefficient (Wildman–Crippen LogP) is 3.91. The first-order valence-corrected chi connectivity index (χ1v) is 7.37. The number of nitrogens with zero attached hydrogens (tertiary/aromatic N) is 1. The molecular formula is C17H25NO2. The number of methoxy groups -OCH3 is 1. The molecule has 110 valence electrons. The quantitative estimate of drug-likeness (QED) is 0.783. The number of hydrogen-bond acceptors (Lipinski definition) is 3. The third-order valence-corrected chi connectivity index (χ3v) is 4.26. The van der Waals surface area contributed by atoms with Crippen LogP contribution in [0.2, 0.25) is 0 Å². The summed E-state index contributed by atoms with van der Waals surface area (Å²) in [7, 11) is 1.62. The third-order valence-electron chi connectivity index (χ3n) is 4.26. The van der Waals surface area contributed by atoms with Gasteiger partial charge in [-0.25, -0.2) is 0 Å². The van der Waals surface area contributed by atoms with Crippen molar-refractivity contribution in [3.63, 3.8) is 0 Å². The van der Waals surface area contributed by atoms with Gasteiger partial charge in [0.1, 0.15) is 5.75 Å². The Bertz CT molecular complexity index is 494. The van der Waals surface area contributed by atoms with Crippen LogP contribution in [-0.4, -0.2) is 26.0 Å². The molecule has 1 aliphatic rings. The van der Waals surface area contributed by atoms with Crippen molar-refractivity contribution in [1.82, 2.24) is 0 Å². The molecule has 1 aliphatic heterocycles. The number of benzene rings is 1. The summed E-state index contributed by atoms with van der Waals surface area (Å²) in [5.74, 6) is 0.750. The molecule has 1 heterocycles. The molecular weight excluding hydrogens is 250 g/mol. The highest BCUT2D eigenvalue weighted by atomic mass is 16.5. The van der Waals surface area contributed by atoms with Crippen LogP contribution < -0.4 is 9.64 Å². The molecule has 3 nitrogen and oxygen atoms in total. The molecule has 0 amide bonds. The largest absolute Gasteiger partial charge is 0.496 e. The summed E-state index contributed by atoms with van der Waals surface area (Å²) in [6, 6.07) is 5.87. The van der Waals surface area contributed by atoms with Gasteiger partial charge in [0.2, 0.25) is 0 Å². The summed E-state index contributed by atoms with van der Waals surface area (Å²) < 4.78 is 5.36. The van der Waals surface area contributed by atoms with E-state index < -0.39 is 0 Å². The summed E-state index contributed by atoms with van der Waals surface area (Å²) in [4.78, 5) is 14.3. The molecule has 1 aromatic carbocycles. The SMILES string of the molecule is COc1cccc(N2CCCC(C)(C)CC2)c1C(C)=O. The highest BCUT2D eigenvalue weighted by molar-refractivity contribution is 6.02. The average Bonchev–Trinajstić information content (AvgIpc) is 2.58. The van der Waals surface area contributed by atoms with Gasteiger partial charge in [0.25, 0.3) is 0 Å². The second kappa shape index (κ2) is 5.86. The minimum atomic E-state index is 0.0703. The lowest BCUT2D eigenvalue weighted by molar-refractivity contribution is 0.101. The first-order valence-electron chi connectivity index (χ1n) is 7.37. The van der Waals surface area contributed by atoms with Crippen LogP contribution >= 0.6 is 0 Å². The van der Waals surface area contributed by atoms with Crippen LogP contribution in [0.3, 0.4) is 0 Å². The number of hydrogen-bond donors (Lipinski definition) is 0. The van der Waals surface area contributed by atoms with Crippen molar-refractivity contribution in [3.8, 4) is 5.75 Å². The highest BCUT2D eigenvalue weighted by Gasteiger charge is 2.25. The van der Waals surface area contributed by atoms with Crippen LogP contribution in [0.1, 0.15) is 50.4 Å². The van der Waals surface area contributed by atoms with Crippen molar-refractivity contribution in [2.45, 2.75) is 40.0 Å². The Labute approximate surface area is 121 Å². The van der Waals surface area contributed by atoms with E-state index in [0.29, 0.717) is 11.2 Å². The van der Waals surface area contributed by atoms with Gasteiger partial charge in [-0.1, -0.05) is 19.9 Å². The number of ketones is 1. The predicted molar refractivity (Wildman–Crippen MR) is 82.8 cm³/mol. The van der Waals surface area contributed by atoms with E-state index in [0.717, 1.165) is 30.8 Å². The minimum Gasteiger partial charge on any atom is -0.496 e. The van der Waals surface area contributed by atoms with Gasteiger partial charge >= 0.3 is 0 Å². The number of carbonyl (C=O) groups is 1. The molecule has 0 aliphatic carbocycles. The molecule has 2 rings (SSSR count). The second-order valence-corrected chi connectivity index (χ2v) is 6.42. The van der Waals surface area contributed by atoms with Crippen LogP contribution in [0.5, 0.6) is 5.75 Å². The monoisotopic (exact) mass is 275 g/mol. The topological polar surface area (TPSA) is 29.5 Å². The number of anilines is 1. The molecule has 0 unspecified atom stereocenters. The molecule has 0 bridgehead atoms. The van der Waals surface area contributed by atoms with Crippen LogP contribution in [0.25, 0.3) is 0 Å². The third kappa shape index (κ3) is 3.14. The number of carbonyl (C=O) groups excluding carboxylic acids is 1. The van der Waals surface area contributed by atoms with E-state index in [1.165, 1.54) is 12.8 Å². The van der Waals surface area contributed by atoms with Gasteiger partial charge < -0.3 is 9.64 Å². The minimum absolute atomic E-state index is 0.0703. The number of rotatable bonds is 3. The van der Waals surface area contributed by atoms with Crippen LogP contribution in [0.15, 0.2) is 18.2 Å². The zero-order chi connectivity index (χ0) is 14.8. The maximum absolute atomic E-state index is 12.0. The lowest BCUT2D eigenvalue weighted by atomic mass is 9.85. The van der Waals surface area contributed by atoms with Gasteiger partial charge in [-0.2, -0.15) is 0 Å². The molecule has 20 heavy (non-hydrogen) atoms. The lowest BCUT2D eigenvalue weighted by Crippen LogP contribution is -2.26. The standard InChI is InChI=1S/C17H25NO2/c1-13(19)16-14(7-5-8-15(16)20-4)18-11-6-9-17(2,3)10-12-18/h5,7-8H,6,9-12H2,1-4H3. The van der Waals surface area contributed by atoms with E-state index in [9.17, 15) is 4.79 Å². The van der Waals surface area contributed by atoms with Gasteiger partial charge in [0.15, 0.2) is 5.78 Å². The zero-order valence-corrected chi connectivity index (χ0v) is 13.0. The molecule has 1 aromatic rings. The number of Topliss-reactive ketones (excluding diaryl/α,β-unsaturated/α-hetero) is 1. The molecule has 1 fully saturated rings. The normalized spacial score (nSPS) is 18.5.